The molecule has 1 aliphatic carbocycles. The van der Waals surface area contributed by atoms with Crippen molar-refractivity contribution < 1.29 is 4.42 Å². The second-order valence-corrected chi connectivity index (χ2v) is 4.96. The van der Waals surface area contributed by atoms with E-state index in [1.807, 2.05) is 6.07 Å². The van der Waals surface area contributed by atoms with Crippen LogP contribution >= 0.6 is 11.6 Å². The zero-order chi connectivity index (χ0) is 11.8. The van der Waals surface area contributed by atoms with Gasteiger partial charge in [-0.15, -0.1) is 0 Å². The first kappa shape index (κ1) is 10.9. The third-order valence-electron chi connectivity index (χ3n) is 3.46. The number of benzene rings is 1. The summed E-state index contributed by atoms with van der Waals surface area (Å²) in [4.78, 5) is 0. The molecule has 0 amide bonds. The molecule has 1 aliphatic rings. The summed E-state index contributed by atoms with van der Waals surface area (Å²) in [6.07, 6.45) is 2.04. The summed E-state index contributed by atoms with van der Waals surface area (Å²) < 4.78 is 5.34. The Hall–Kier alpha value is -1.25. The molecule has 2 atom stereocenters. The Kier molecular flexibility index (Phi) is 2.69. The number of fused-ring (bicyclic) bond motifs is 1. The summed E-state index contributed by atoms with van der Waals surface area (Å²) in [5.41, 5.74) is 9.00. The molecule has 0 aliphatic heterocycles. The first-order chi connectivity index (χ1) is 8.24. The van der Waals surface area contributed by atoms with Crippen LogP contribution in [-0.4, -0.2) is 0 Å². The molecule has 2 unspecified atom stereocenters. The molecule has 1 heterocycles. The monoisotopic (exact) mass is 247 g/mol. The van der Waals surface area contributed by atoms with Crippen molar-refractivity contribution in [3.05, 3.63) is 58.5 Å². The SMILES string of the molecule is NC(CC1Cc2ccccc21)c1ccc(Cl)o1. The molecule has 1 aromatic carbocycles. The molecule has 2 nitrogen and oxygen atoms in total. The van der Waals surface area contributed by atoms with Crippen molar-refractivity contribution in [2.24, 2.45) is 5.73 Å². The second-order valence-electron chi connectivity index (χ2n) is 4.58. The van der Waals surface area contributed by atoms with E-state index in [2.05, 4.69) is 24.3 Å². The molecule has 0 radical (unpaired) electrons. The van der Waals surface area contributed by atoms with Gasteiger partial charge >= 0.3 is 0 Å². The normalized spacial score (nSPS) is 19.5. The molecule has 3 rings (SSSR count). The number of rotatable bonds is 3. The minimum Gasteiger partial charge on any atom is -0.448 e. The van der Waals surface area contributed by atoms with Crippen LogP contribution in [0.3, 0.4) is 0 Å². The van der Waals surface area contributed by atoms with Gasteiger partial charge in [-0.3, -0.25) is 0 Å². The van der Waals surface area contributed by atoms with Crippen molar-refractivity contribution in [3.8, 4) is 0 Å². The van der Waals surface area contributed by atoms with E-state index < -0.39 is 0 Å². The van der Waals surface area contributed by atoms with Gasteiger partial charge < -0.3 is 10.2 Å². The lowest BCUT2D eigenvalue weighted by Crippen LogP contribution is -2.22. The fourth-order valence-electron chi connectivity index (χ4n) is 2.52. The zero-order valence-corrected chi connectivity index (χ0v) is 10.2. The van der Waals surface area contributed by atoms with Crippen molar-refractivity contribution >= 4 is 11.6 Å². The highest BCUT2D eigenvalue weighted by molar-refractivity contribution is 6.28. The molecule has 2 N–H and O–H groups in total. The molecular weight excluding hydrogens is 234 g/mol. The Bertz CT molecular complexity index is 535. The third-order valence-corrected chi connectivity index (χ3v) is 3.66. The maximum atomic E-state index is 6.12. The van der Waals surface area contributed by atoms with Crippen LogP contribution in [0.1, 0.15) is 35.3 Å². The van der Waals surface area contributed by atoms with Crippen LogP contribution in [0.2, 0.25) is 5.22 Å². The van der Waals surface area contributed by atoms with Crippen LogP contribution in [-0.2, 0) is 6.42 Å². The van der Waals surface area contributed by atoms with Gasteiger partial charge in [0.05, 0.1) is 6.04 Å². The van der Waals surface area contributed by atoms with E-state index in [9.17, 15) is 0 Å². The molecule has 0 bridgehead atoms. The van der Waals surface area contributed by atoms with Crippen LogP contribution in [0.5, 0.6) is 0 Å². The lowest BCUT2D eigenvalue weighted by molar-refractivity contribution is 0.416. The molecule has 88 valence electrons. The maximum Gasteiger partial charge on any atom is 0.193 e. The average molecular weight is 248 g/mol. The number of hydrogen-bond donors (Lipinski definition) is 1. The summed E-state index contributed by atoms with van der Waals surface area (Å²) in [6.45, 7) is 0. The predicted octanol–water partition coefficient (Wildman–Crippen LogP) is 3.66. The van der Waals surface area contributed by atoms with E-state index in [0.29, 0.717) is 11.1 Å². The zero-order valence-electron chi connectivity index (χ0n) is 9.40. The smallest absolute Gasteiger partial charge is 0.193 e. The summed E-state index contributed by atoms with van der Waals surface area (Å²) in [5, 5.41) is 0.407. The van der Waals surface area contributed by atoms with Gasteiger partial charge in [0.25, 0.3) is 0 Å². The van der Waals surface area contributed by atoms with Gasteiger partial charge in [0, 0.05) is 0 Å². The number of hydrogen-bond acceptors (Lipinski definition) is 2. The minimum atomic E-state index is -0.0687. The Morgan fingerprint density at radius 1 is 1.29 bits per heavy atom. The highest BCUT2D eigenvalue weighted by Gasteiger charge is 2.28. The topological polar surface area (TPSA) is 39.2 Å². The predicted molar refractivity (Wildman–Crippen MR) is 68.2 cm³/mol. The summed E-state index contributed by atoms with van der Waals surface area (Å²) in [7, 11) is 0. The van der Waals surface area contributed by atoms with E-state index in [0.717, 1.165) is 18.6 Å². The van der Waals surface area contributed by atoms with Crippen molar-refractivity contribution in [3.63, 3.8) is 0 Å². The van der Waals surface area contributed by atoms with E-state index in [-0.39, 0.29) is 6.04 Å². The number of furan rings is 1. The van der Waals surface area contributed by atoms with Crippen LogP contribution < -0.4 is 5.73 Å². The standard InChI is InChI=1S/C14H14ClNO/c15-14-6-5-13(17-14)12(16)8-10-7-9-3-1-2-4-11(9)10/h1-6,10,12H,7-8,16H2. The van der Waals surface area contributed by atoms with Crippen molar-refractivity contribution in [1.29, 1.82) is 0 Å². The Morgan fingerprint density at radius 3 is 2.82 bits per heavy atom. The molecule has 2 aromatic rings. The molecule has 0 saturated carbocycles. The van der Waals surface area contributed by atoms with Gasteiger partial charge in [-0.2, -0.15) is 0 Å². The number of halogens is 1. The minimum absolute atomic E-state index is 0.0687. The molecular formula is C14H14ClNO. The van der Waals surface area contributed by atoms with Crippen LogP contribution in [0, 0.1) is 0 Å². The van der Waals surface area contributed by atoms with Crippen molar-refractivity contribution in [2.45, 2.75) is 24.8 Å². The summed E-state index contributed by atoms with van der Waals surface area (Å²) in [5.74, 6) is 1.34. The molecule has 17 heavy (non-hydrogen) atoms. The Labute approximate surface area is 105 Å². The highest BCUT2D eigenvalue weighted by Crippen LogP contribution is 2.40. The largest absolute Gasteiger partial charge is 0.448 e. The first-order valence-electron chi connectivity index (χ1n) is 5.82. The molecule has 0 saturated heterocycles. The van der Waals surface area contributed by atoms with E-state index in [4.69, 9.17) is 21.8 Å². The lowest BCUT2D eigenvalue weighted by Gasteiger charge is -2.31. The molecule has 1 aromatic heterocycles. The van der Waals surface area contributed by atoms with Gasteiger partial charge in [0.1, 0.15) is 5.76 Å². The van der Waals surface area contributed by atoms with Crippen molar-refractivity contribution in [2.75, 3.05) is 0 Å². The molecule has 0 spiro atoms. The van der Waals surface area contributed by atoms with Gasteiger partial charge in [-0.1, -0.05) is 24.3 Å². The quantitative estimate of drug-likeness (QED) is 0.899. The van der Waals surface area contributed by atoms with E-state index in [1.165, 1.54) is 11.1 Å². The van der Waals surface area contributed by atoms with Crippen LogP contribution in [0.25, 0.3) is 0 Å². The Morgan fingerprint density at radius 2 is 2.12 bits per heavy atom. The second kappa shape index (κ2) is 4.21. The van der Waals surface area contributed by atoms with Crippen LogP contribution in [0.4, 0.5) is 0 Å². The lowest BCUT2D eigenvalue weighted by atomic mass is 9.74. The summed E-state index contributed by atoms with van der Waals surface area (Å²) in [6, 6.07) is 12.1. The van der Waals surface area contributed by atoms with Gasteiger partial charge in [0.2, 0.25) is 0 Å². The fraction of sp³-hybridized carbons (Fsp3) is 0.286. The van der Waals surface area contributed by atoms with E-state index in [1.54, 1.807) is 6.07 Å². The molecule has 3 heteroatoms. The third kappa shape index (κ3) is 1.99. The van der Waals surface area contributed by atoms with Gasteiger partial charge in [-0.05, 0) is 53.6 Å². The first-order valence-corrected chi connectivity index (χ1v) is 6.20. The van der Waals surface area contributed by atoms with E-state index >= 15 is 0 Å². The molecule has 0 fully saturated rings. The highest BCUT2D eigenvalue weighted by atomic mass is 35.5. The van der Waals surface area contributed by atoms with Gasteiger partial charge in [0.15, 0.2) is 5.22 Å². The fourth-order valence-corrected chi connectivity index (χ4v) is 2.68. The van der Waals surface area contributed by atoms with Crippen LogP contribution in [0.15, 0.2) is 40.8 Å². The number of nitrogens with two attached hydrogens (primary N) is 1. The van der Waals surface area contributed by atoms with Crippen molar-refractivity contribution in [1.82, 2.24) is 0 Å². The van der Waals surface area contributed by atoms with Gasteiger partial charge in [-0.25, -0.2) is 0 Å². The Balaban J connectivity index is 1.70. The summed E-state index contributed by atoms with van der Waals surface area (Å²) >= 11 is 5.75. The maximum absolute atomic E-state index is 6.12. The average Bonchev–Trinajstić information content (AvgIpc) is 2.73.